The maximum Gasteiger partial charge on any atom is 0.0409 e. The number of thioether (sulfide) groups is 1. The van der Waals surface area contributed by atoms with Crippen LogP contribution in [0.4, 0.5) is 0 Å². The van der Waals surface area contributed by atoms with Crippen LogP contribution in [-0.2, 0) is 0 Å². The van der Waals surface area contributed by atoms with Crippen molar-refractivity contribution in [1.29, 1.82) is 0 Å². The summed E-state index contributed by atoms with van der Waals surface area (Å²) in [7, 11) is 2.06. The third-order valence-corrected chi connectivity index (χ3v) is 4.57. The van der Waals surface area contributed by atoms with Crippen molar-refractivity contribution in [3.63, 3.8) is 0 Å². The Labute approximate surface area is 123 Å². The second-order valence-electron chi connectivity index (χ2n) is 5.92. The van der Waals surface area contributed by atoms with E-state index in [0.717, 1.165) is 11.7 Å². The maximum atomic E-state index is 3.43. The molecule has 0 saturated heterocycles. The molecular formula is C17H29NS. The number of hydrogen-bond acceptors (Lipinski definition) is 2. The molecule has 2 heteroatoms. The molecule has 1 nitrogen and oxygen atoms in total. The van der Waals surface area contributed by atoms with Gasteiger partial charge in [0, 0.05) is 11.8 Å². The van der Waals surface area contributed by atoms with Crippen LogP contribution >= 0.6 is 11.8 Å². The van der Waals surface area contributed by atoms with Gasteiger partial charge in [-0.3, -0.25) is 0 Å². The zero-order valence-electron chi connectivity index (χ0n) is 13.1. The molecule has 0 fully saturated rings. The zero-order chi connectivity index (χ0) is 14.3. The molecular weight excluding hydrogens is 250 g/mol. The first-order chi connectivity index (χ1) is 9.04. The van der Waals surface area contributed by atoms with Crippen molar-refractivity contribution in [2.24, 2.45) is 5.92 Å². The van der Waals surface area contributed by atoms with Crippen molar-refractivity contribution in [3.8, 4) is 0 Å². The number of rotatable bonds is 8. The highest BCUT2D eigenvalue weighted by atomic mass is 32.2. The van der Waals surface area contributed by atoms with Crippen LogP contribution < -0.4 is 5.32 Å². The van der Waals surface area contributed by atoms with Crippen LogP contribution in [0.15, 0.2) is 24.3 Å². The Morgan fingerprint density at radius 3 is 2.05 bits per heavy atom. The normalized spacial score (nSPS) is 13.2. The molecule has 0 heterocycles. The molecule has 1 aromatic rings. The fraction of sp³-hybridized carbons (Fsp3) is 0.647. The van der Waals surface area contributed by atoms with Crippen molar-refractivity contribution >= 4 is 11.8 Å². The first-order valence-corrected chi connectivity index (χ1v) is 8.55. The molecule has 1 unspecified atom stereocenters. The molecule has 1 rings (SSSR count). The monoisotopic (exact) mass is 279 g/mol. The van der Waals surface area contributed by atoms with Crippen LogP contribution in [0.3, 0.4) is 0 Å². The van der Waals surface area contributed by atoms with E-state index in [1.165, 1.54) is 23.3 Å². The summed E-state index contributed by atoms with van der Waals surface area (Å²) in [4.78, 5) is 0. The van der Waals surface area contributed by atoms with E-state index in [9.17, 15) is 0 Å². The van der Waals surface area contributed by atoms with E-state index in [-0.39, 0.29) is 0 Å². The second-order valence-corrected chi connectivity index (χ2v) is 7.07. The molecule has 1 N–H and O–H groups in total. The minimum absolute atomic E-state index is 0.471. The quantitative estimate of drug-likeness (QED) is 0.683. The van der Waals surface area contributed by atoms with Gasteiger partial charge < -0.3 is 5.32 Å². The van der Waals surface area contributed by atoms with Gasteiger partial charge in [-0.1, -0.05) is 52.0 Å². The van der Waals surface area contributed by atoms with E-state index in [1.54, 1.807) is 0 Å². The van der Waals surface area contributed by atoms with Gasteiger partial charge in [0.15, 0.2) is 0 Å². The van der Waals surface area contributed by atoms with Gasteiger partial charge in [-0.15, -0.1) is 0 Å². The predicted molar refractivity (Wildman–Crippen MR) is 89.1 cm³/mol. The van der Waals surface area contributed by atoms with Crippen LogP contribution in [0, 0.1) is 5.92 Å². The lowest BCUT2D eigenvalue weighted by Crippen LogP contribution is -2.19. The van der Waals surface area contributed by atoms with Gasteiger partial charge in [-0.05, 0) is 42.2 Å². The smallest absolute Gasteiger partial charge is 0.0409 e. The molecule has 0 aliphatic rings. The molecule has 0 saturated carbocycles. The molecule has 0 aliphatic carbocycles. The predicted octanol–water partition coefficient (Wildman–Crippen LogP) is 4.85. The highest BCUT2D eigenvalue weighted by molar-refractivity contribution is 7.99. The van der Waals surface area contributed by atoms with E-state index in [4.69, 9.17) is 0 Å². The number of hydrogen-bond donors (Lipinski definition) is 1. The topological polar surface area (TPSA) is 12.0 Å². The van der Waals surface area contributed by atoms with Crippen LogP contribution in [0.2, 0.25) is 0 Å². The maximum absolute atomic E-state index is 3.43. The number of benzene rings is 1. The van der Waals surface area contributed by atoms with E-state index in [0.29, 0.717) is 12.0 Å². The Morgan fingerprint density at radius 1 is 1.00 bits per heavy atom. The lowest BCUT2D eigenvalue weighted by molar-refractivity contribution is 0.628. The molecule has 0 bridgehead atoms. The fourth-order valence-electron chi connectivity index (χ4n) is 1.98. The van der Waals surface area contributed by atoms with Crippen molar-refractivity contribution in [2.75, 3.05) is 18.6 Å². The summed E-state index contributed by atoms with van der Waals surface area (Å²) in [6.45, 7) is 9.07. The van der Waals surface area contributed by atoms with E-state index in [1.807, 2.05) is 0 Å². The first-order valence-electron chi connectivity index (χ1n) is 7.39. The molecule has 0 amide bonds. The Morgan fingerprint density at radius 2 is 1.58 bits per heavy atom. The van der Waals surface area contributed by atoms with Gasteiger partial charge in [0.05, 0.1) is 0 Å². The molecule has 0 aromatic heterocycles. The third-order valence-electron chi connectivity index (χ3n) is 3.48. The van der Waals surface area contributed by atoms with E-state index in [2.05, 4.69) is 76.1 Å². The van der Waals surface area contributed by atoms with Crippen LogP contribution in [0.25, 0.3) is 0 Å². The average molecular weight is 279 g/mol. The van der Waals surface area contributed by atoms with Gasteiger partial charge in [0.25, 0.3) is 0 Å². The van der Waals surface area contributed by atoms with Gasteiger partial charge in [0.2, 0.25) is 0 Å². The van der Waals surface area contributed by atoms with Crippen LogP contribution in [0.5, 0.6) is 0 Å². The van der Waals surface area contributed by atoms with E-state index < -0.39 is 0 Å². The molecule has 0 aliphatic heterocycles. The highest BCUT2D eigenvalue weighted by Gasteiger charge is 2.09. The molecule has 108 valence electrons. The van der Waals surface area contributed by atoms with Crippen LogP contribution in [-0.4, -0.2) is 18.6 Å². The van der Waals surface area contributed by atoms with E-state index >= 15 is 0 Å². The minimum atomic E-state index is 0.471. The number of nitrogens with one attached hydrogen (secondary N) is 1. The second kappa shape index (κ2) is 8.65. The Bertz CT molecular complexity index is 343. The summed E-state index contributed by atoms with van der Waals surface area (Å²) in [5, 5.41) is 3.43. The lowest BCUT2D eigenvalue weighted by atomic mass is 10.00. The summed E-state index contributed by atoms with van der Waals surface area (Å²) in [6, 6.07) is 9.56. The standard InChI is InChI=1S/C17H29NS/c1-13(2)10-11-19-12-17(18-5)16-8-6-15(7-9-16)14(3)4/h6-9,13-14,17-18H,10-12H2,1-5H3. The lowest BCUT2D eigenvalue weighted by Gasteiger charge is -2.17. The van der Waals surface area contributed by atoms with Crippen molar-refractivity contribution in [2.45, 2.75) is 46.1 Å². The summed E-state index contributed by atoms with van der Waals surface area (Å²) >= 11 is 2.06. The Kier molecular flexibility index (Phi) is 7.55. The van der Waals surface area contributed by atoms with Crippen LogP contribution in [0.1, 0.15) is 57.2 Å². The molecule has 1 atom stereocenters. The molecule has 1 aromatic carbocycles. The summed E-state index contributed by atoms with van der Waals surface area (Å²) in [5.41, 5.74) is 2.83. The Balaban J connectivity index is 2.49. The minimum Gasteiger partial charge on any atom is -0.312 e. The Hall–Kier alpha value is -0.470. The average Bonchev–Trinajstić information content (AvgIpc) is 2.39. The zero-order valence-corrected chi connectivity index (χ0v) is 13.9. The largest absolute Gasteiger partial charge is 0.312 e. The molecule has 0 spiro atoms. The van der Waals surface area contributed by atoms with Gasteiger partial charge >= 0.3 is 0 Å². The molecule has 19 heavy (non-hydrogen) atoms. The van der Waals surface area contributed by atoms with Gasteiger partial charge in [0.1, 0.15) is 0 Å². The highest BCUT2D eigenvalue weighted by Crippen LogP contribution is 2.22. The fourth-order valence-corrected chi connectivity index (χ4v) is 3.38. The van der Waals surface area contributed by atoms with Gasteiger partial charge in [-0.25, -0.2) is 0 Å². The SMILES string of the molecule is CNC(CSCCC(C)C)c1ccc(C(C)C)cc1. The van der Waals surface area contributed by atoms with Crippen molar-refractivity contribution < 1.29 is 0 Å². The van der Waals surface area contributed by atoms with Crippen molar-refractivity contribution in [3.05, 3.63) is 35.4 Å². The first kappa shape index (κ1) is 16.6. The summed E-state index contributed by atoms with van der Waals surface area (Å²) in [6.07, 6.45) is 1.31. The third kappa shape index (κ3) is 6.01. The molecule has 0 radical (unpaired) electrons. The van der Waals surface area contributed by atoms with Crippen molar-refractivity contribution in [1.82, 2.24) is 5.32 Å². The summed E-state index contributed by atoms with van der Waals surface area (Å²) < 4.78 is 0. The summed E-state index contributed by atoms with van der Waals surface area (Å²) in [5.74, 6) is 3.85. The van der Waals surface area contributed by atoms with Gasteiger partial charge in [-0.2, -0.15) is 11.8 Å².